The molecule has 0 aromatic rings. The highest BCUT2D eigenvalue weighted by molar-refractivity contribution is 5.73. The highest BCUT2D eigenvalue weighted by Crippen LogP contribution is 2.10. The molecule has 0 aromatic heterocycles. The van der Waals surface area contributed by atoms with Gasteiger partial charge < -0.3 is 10.4 Å². The average Bonchev–Trinajstić information content (AvgIpc) is 2.27. The number of hydrogen-bond donors (Lipinski definition) is 2. The summed E-state index contributed by atoms with van der Waals surface area (Å²) in [5.41, 5.74) is 0. The summed E-state index contributed by atoms with van der Waals surface area (Å²) in [6, 6.07) is -0.0953. The summed E-state index contributed by atoms with van der Waals surface area (Å²) in [7, 11) is 0. The number of rotatable bonds is 11. The summed E-state index contributed by atoms with van der Waals surface area (Å²) in [5.74, 6) is -0.308. The van der Waals surface area contributed by atoms with Gasteiger partial charge in [0.2, 0.25) is 0 Å². The molecule has 0 aliphatic carbocycles. The normalized spacial score (nSPS) is 14.7. The summed E-state index contributed by atoms with van der Waals surface area (Å²) >= 11 is 0. The maximum absolute atomic E-state index is 11.1. The topological polar surface area (TPSA) is 49.3 Å². The van der Waals surface area contributed by atoms with Gasteiger partial charge in [0, 0.05) is 6.04 Å². The van der Waals surface area contributed by atoms with Crippen LogP contribution < -0.4 is 5.32 Å². The van der Waals surface area contributed by atoms with Crippen molar-refractivity contribution in [3.8, 4) is 0 Å². The summed E-state index contributed by atoms with van der Waals surface area (Å²) < 4.78 is 0. The molecule has 3 nitrogen and oxygen atoms in total. The van der Waals surface area contributed by atoms with Gasteiger partial charge in [-0.3, -0.25) is 4.79 Å². The number of hydrogen-bond acceptors (Lipinski definition) is 2. The molecular formula is C15H31NO2. The Morgan fingerprint density at radius 3 is 2.22 bits per heavy atom. The van der Waals surface area contributed by atoms with Gasteiger partial charge in [0.05, 0.1) is 0 Å². The molecule has 0 rings (SSSR count). The largest absolute Gasteiger partial charge is 0.480 e. The van der Waals surface area contributed by atoms with Crippen LogP contribution in [0.25, 0.3) is 0 Å². The molecule has 0 saturated heterocycles. The Balaban J connectivity index is 3.80. The first-order valence-corrected chi connectivity index (χ1v) is 7.46. The summed E-state index contributed by atoms with van der Waals surface area (Å²) in [5, 5.41) is 12.4. The van der Waals surface area contributed by atoms with Crippen molar-refractivity contribution in [2.75, 3.05) is 0 Å². The van der Waals surface area contributed by atoms with Gasteiger partial charge in [-0.2, -0.15) is 0 Å². The van der Waals surface area contributed by atoms with Gasteiger partial charge in [0.25, 0.3) is 0 Å². The fraction of sp³-hybridized carbons (Fsp3) is 0.933. The maximum atomic E-state index is 11.1. The Kier molecular flexibility index (Phi) is 10.0. The highest BCUT2D eigenvalue weighted by atomic mass is 16.4. The van der Waals surface area contributed by atoms with Crippen molar-refractivity contribution < 1.29 is 9.90 Å². The lowest BCUT2D eigenvalue weighted by Gasteiger charge is -2.21. The van der Waals surface area contributed by atoms with Crippen LogP contribution in [0, 0.1) is 5.92 Å². The van der Waals surface area contributed by atoms with Crippen LogP contribution in [0.2, 0.25) is 0 Å². The monoisotopic (exact) mass is 257 g/mol. The van der Waals surface area contributed by atoms with E-state index >= 15 is 0 Å². The predicted molar refractivity (Wildman–Crippen MR) is 76.9 cm³/mol. The lowest BCUT2D eigenvalue weighted by molar-refractivity contribution is -0.140. The van der Waals surface area contributed by atoms with E-state index in [0.29, 0.717) is 18.4 Å². The lowest BCUT2D eigenvalue weighted by Crippen LogP contribution is -2.42. The van der Waals surface area contributed by atoms with E-state index in [1.54, 1.807) is 0 Å². The third-order valence-corrected chi connectivity index (χ3v) is 3.23. The van der Waals surface area contributed by atoms with Gasteiger partial charge in [0.1, 0.15) is 6.04 Å². The van der Waals surface area contributed by atoms with Crippen molar-refractivity contribution in [2.24, 2.45) is 5.92 Å². The molecule has 0 bridgehead atoms. The summed E-state index contributed by atoms with van der Waals surface area (Å²) in [6.07, 6.45) is 8.12. The van der Waals surface area contributed by atoms with Crippen LogP contribution in [0.4, 0.5) is 0 Å². The smallest absolute Gasteiger partial charge is 0.320 e. The van der Waals surface area contributed by atoms with E-state index in [1.165, 1.54) is 32.1 Å². The number of carboxylic acid groups (broad SMARTS) is 1. The number of unbranched alkanes of at least 4 members (excludes halogenated alkanes) is 4. The van der Waals surface area contributed by atoms with Gasteiger partial charge in [-0.1, -0.05) is 52.9 Å². The number of nitrogens with one attached hydrogen (secondary N) is 1. The second kappa shape index (κ2) is 10.4. The van der Waals surface area contributed by atoms with Gasteiger partial charge in [-0.25, -0.2) is 0 Å². The first-order valence-electron chi connectivity index (χ1n) is 7.46. The zero-order valence-electron chi connectivity index (χ0n) is 12.5. The van der Waals surface area contributed by atoms with Crippen molar-refractivity contribution in [1.29, 1.82) is 0 Å². The first-order chi connectivity index (χ1) is 8.47. The van der Waals surface area contributed by atoms with Crippen molar-refractivity contribution >= 4 is 5.97 Å². The van der Waals surface area contributed by atoms with Crippen LogP contribution in [0.5, 0.6) is 0 Å². The number of carboxylic acids is 1. The van der Waals surface area contributed by atoms with Crippen molar-refractivity contribution in [3.05, 3.63) is 0 Å². The molecule has 108 valence electrons. The standard InChI is InChI=1S/C15H31NO2/c1-5-6-7-8-9-10-13(4)16-14(15(17)18)11-12(2)3/h12-14,16H,5-11H2,1-4H3,(H,17,18)/t13?,14-/m0/s1. The van der Waals surface area contributed by atoms with Crippen LogP contribution in [-0.4, -0.2) is 23.2 Å². The molecular weight excluding hydrogens is 226 g/mol. The Morgan fingerprint density at radius 2 is 1.72 bits per heavy atom. The van der Waals surface area contributed by atoms with Crippen LogP contribution >= 0.6 is 0 Å². The van der Waals surface area contributed by atoms with Gasteiger partial charge in [-0.05, 0) is 25.7 Å². The molecule has 0 saturated carbocycles. The van der Waals surface area contributed by atoms with E-state index in [-0.39, 0.29) is 0 Å². The lowest BCUT2D eigenvalue weighted by atomic mass is 10.0. The average molecular weight is 257 g/mol. The minimum atomic E-state index is -0.721. The van der Waals surface area contributed by atoms with E-state index in [1.807, 2.05) is 0 Å². The van der Waals surface area contributed by atoms with Crippen LogP contribution in [0.3, 0.4) is 0 Å². The quantitative estimate of drug-likeness (QED) is 0.553. The molecule has 3 heteroatoms. The molecule has 0 aromatic carbocycles. The van der Waals surface area contributed by atoms with Crippen LogP contribution in [0.1, 0.15) is 72.6 Å². The second-order valence-electron chi connectivity index (χ2n) is 5.79. The van der Waals surface area contributed by atoms with E-state index < -0.39 is 12.0 Å². The highest BCUT2D eigenvalue weighted by Gasteiger charge is 2.20. The van der Waals surface area contributed by atoms with Crippen molar-refractivity contribution in [3.63, 3.8) is 0 Å². The fourth-order valence-corrected chi connectivity index (χ4v) is 2.19. The molecule has 1 unspecified atom stereocenters. The zero-order chi connectivity index (χ0) is 14.0. The van der Waals surface area contributed by atoms with Crippen LogP contribution in [-0.2, 0) is 4.79 Å². The molecule has 0 aliphatic heterocycles. The molecule has 0 fully saturated rings. The van der Waals surface area contributed by atoms with E-state index in [2.05, 4.69) is 33.0 Å². The molecule has 0 heterocycles. The number of aliphatic carboxylic acids is 1. The van der Waals surface area contributed by atoms with Gasteiger partial charge in [0.15, 0.2) is 0 Å². The summed E-state index contributed by atoms with van der Waals surface area (Å²) in [6.45, 7) is 8.43. The molecule has 0 radical (unpaired) electrons. The second-order valence-corrected chi connectivity index (χ2v) is 5.79. The SMILES string of the molecule is CCCCCCCC(C)N[C@@H](CC(C)C)C(=O)O. The van der Waals surface area contributed by atoms with E-state index in [0.717, 1.165) is 6.42 Å². The van der Waals surface area contributed by atoms with Crippen molar-refractivity contribution in [2.45, 2.75) is 84.7 Å². The Hall–Kier alpha value is -0.570. The first kappa shape index (κ1) is 17.4. The molecule has 2 atom stereocenters. The number of carbonyl (C=O) groups is 1. The Morgan fingerprint density at radius 1 is 1.11 bits per heavy atom. The van der Waals surface area contributed by atoms with Crippen LogP contribution in [0.15, 0.2) is 0 Å². The Labute approximate surface area is 112 Å². The third-order valence-electron chi connectivity index (χ3n) is 3.23. The Bertz CT molecular complexity index is 217. The fourth-order valence-electron chi connectivity index (χ4n) is 2.19. The molecule has 0 aliphatic rings. The summed E-state index contributed by atoms with van der Waals surface area (Å²) in [4.78, 5) is 11.1. The van der Waals surface area contributed by atoms with E-state index in [4.69, 9.17) is 5.11 Å². The molecule has 0 amide bonds. The minimum Gasteiger partial charge on any atom is -0.480 e. The van der Waals surface area contributed by atoms with Gasteiger partial charge >= 0.3 is 5.97 Å². The van der Waals surface area contributed by atoms with Crippen molar-refractivity contribution in [1.82, 2.24) is 5.32 Å². The van der Waals surface area contributed by atoms with E-state index in [9.17, 15) is 4.79 Å². The molecule has 18 heavy (non-hydrogen) atoms. The zero-order valence-corrected chi connectivity index (χ0v) is 12.5. The molecule has 0 spiro atoms. The van der Waals surface area contributed by atoms with Gasteiger partial charge in [-0.15, -0.1) is 0 Å². The maximum Gasteiger partial charge on any atom is 0.320 e. The molecule has 2 N–H and O–H groups in total. The minimum absolute atomic E-state index is 0.298. The predicted octanol–water partition coefficient (Wildman–Crippen LogP) is 3.82. The third kappa shape index (κ3) is 9.46.